The maximum absolute atomic E-state index is 12.6. The van der Waals surface area contributed by atoms with Gasteiger partial charge in [-0.05, 0) is 11.8 Å². The maximum atomic E-state index is 12.6. The van der Waals surface area contributed by atoms with E-state index in [1.807, 2.05) is 37.3 Å². The molecule has 0 fully saturated rings. The number of carbonyl (C=O) groups is 2. The molecule has 7 heteroatoms. The first-order chi connectivity index (χ1) is 12.7. The van der Waals surface area contributed by atoms with Crippen molar-refractivity contribution in [2.75, 3.05) is 5.32 Å². The lowest BCUT2D eigenvalue weighted by atomic mass is 9.88. The van der Waals surface area contributed by atoms with E-state index in [0.29, 0.717) is 18.5 Å². The zero-order chi connectivity index (χ0) is 20.0. The van der Waals surface area contributed by atoms with E-state index in [4.69, 9.17) is 4.52 Å². The molecule has 0 radical (unpaired) electrons. The highest BCUT2D eigenvalue weighted by Gasteiger charge is 2.32. The number of aromatic nitrogens is 1. The minimum absolute atomic E-state index is 0.200. The molecule has 1 heterocycles. The number of nitrogens with zero attached hydrogens (tertiary/aromatic N) is 1. The largest absolute Gasteiger partial charge is 0.383 e. The summed E-state index contributed by atoms with van der Waals surface area (Å²) in [6.07, 6.45) is -0.0800. The van der Waals surface area contributed by atoms with Crippen LogP contribution in [0.2, 0.25) is 0 Å². The van der Waals surface area contributed by atoms with Crippen molar-refractivity contribution in [1.82, 2.24) is 10.5 Å². The summed E-state index contributed by atoms with van der Waals surface area (Å²) in [6, 6.07) is 10.3. The number of amides is 2. The third-order valence-electron chi connectivity index (χ3n) is 4.11. The van der Waals surface area contributed by atoms with Gasteiger partial charge in [0, 0.05) is 11.6 Å². The summed E-state index contributed by atoms with van der Waals surface area (Å²) in [7, 11) is 0. The van der Waals surface area contributed by atoms with Gasteiger partial charge in [0.25, 0.3) is 0 Å². The van der Waals surface area contributed by atoms with Gasteiger partial charge in [0.1, 0.15) is 17.8 Å². The Morgan fingerprint density at radius 2 is 1.85 bits per heavy atom. The van der Waals surface area contributed by atoms with Gasteiger partial charge in [-0.2, -0.15) is 0 Å². The Morgan fingerprint density at radius 3 is 2.44 bits per heavy atom. The van der Waals surface area contributed by atoms with Crippen molar-refractivity contribution >= 4 is 17.7 Å². The molecule has 1 aromatic carbocycles. The second kappa shape index (κ2) is 8.81. The number of hydrogen-bond donors (Lipinski definition) is 3. The number of benzene rings is 1. The second-order valence-corrected chi connectivity index (χ2v) is 7.55. The molecule has 0 spiro atoms. The van der Waals surface area contributed by atoms with Crippen molar-refractivity contribution in [3.63, 3.8) is 0 Å². The first-order valence-electron chi connectivity index (χ1n) is 9.03. The van der Waals surface area contributed by atoms with Crippen molar-refractivity contribution < 1.29 is 19.2 Å². The molecule has 0 saturated heterocycles. The van der Waals surface area contributed by atoms with Gasteiger partial charge in [-0.15, -0.1) is 0 Å². The number of aliphatic hydroxyl groups is 1. The van der Waals surface area contributed by atoms with Gasteiger partial charge in [0.05, 0.1) is 0 Å². The maximum Gasteiger partial charge on any atom is 0.250 e. The number of nitrogens with one attached hydrogen (secondary N) is 2. The third kappa shape index (κ3) is 5.65. The Kier molecular flexibility index (Phi) is 6.74. The van der Waals surface area contributed by atoms with E-state index in [0.717, 1.165) is 5.56 Å². The fraction of sp³-hybridized carbons (Fsp3) is 0.450. The minimum Gasteiger partial charge on any atom is -0.383 e. The Labute approximate surface area is 159 Å². The molecule has 3 N–H and O–H groups in total. The van der Waals surface area contributed by atoms with Crippen molar-refractivity contribution in [2.45, 2.75) is 52.7 Å². The summed E-state index contributed by atoms with van der Waals surface area (Å²) in [5.74, 6) is -0.786. The van der Waals surface area contributed by atoms with Crippen LogP contribution < -0.4 is 10.6 Å². The number of anilines is 1. The monoisotopic (exact) mass is 373 g/mol. The van der Waals surface area contributed by atoms with Gasteiger partial charge >= 0.3 is 0 Å². The van der Waals surface area contributed by atoms with Crippen molar-refractivity contribution in [2.24, 2.45) is 5.41 Å². The summed E-state index contributed by atoms with van der Waals surface area (Å²) in [5.41, 5.74) is 0.853. The van der Waals surface area contributed by atoms with Gasteiger partial charge in [0.2, 0.25) is 17.7 Å². The van der Waals surface area contributed by atoms with E-state index in [-0.39, 0.29) is 5.88 Å². The molecule has 2 unspecified atom stereocenters. The molecule has 146 valence electrons. The van der Waals surface area contributed by atoms with Crippen LogP contribution in [0.25, 0.3) is 11.3 Å². The first kappa shape index (κ1) is 20.6. The average Bonchev–Trinajstić information content (AvgIpc) is 3.09. The van der Waals surface area contributed by atoms with Crippen LogP contribution in [0.3, 0.4) is 0 Å². The molecule has 0 saturated carbocycles. The molecule has 2 rings (SSSR count). The van der Waals surface area contributed by atoms with Crippen LogP contribution in [0.5, 0.6) is 0 Å². The lowest BCUT2D eigenvalue weighted by Crippen LogP contribution is -2.50. The van der Waals surface area contributed by atoms with E-state index in [1.165, 1.54) is 0 Å². The van der Waals surface area contributed by atoms with Crippen LogP contribution in [0, 0.1) is 5.41 Å². The van der Waals surface area contributed by atoms with Crippen molar-refractivity contribution in [1.29, 1.82) is 0 Å². The molecule has 1 aromatic heterocycles. The highest BCUT2D eigenvalue weighted by molar-refractivity contribution is 5.97. The molecule has 0 aliphatic carbocycles. The molecule has 2 amide bonds. The van der Waals surface area contributed by atoms with Crippen LogP contribution in [0.4, 0.5) is 5.88 Å². The highest BCUT2D eigenvalue weighted by atomic mass is 16.5. The van der Waals surface area contributed by atoms with Crippen LogP contribution in [0.15, 0.2) is 40.9 Å². The van der Waals surface area contributed by atoms with Gasteiger partial charge in [-0.25, -0.2) is 0 Å². The topological polar surface area (TPSA) is 104 Å². The van der Waals surface area contributed by atoms with Crippen molar-refractivity contribution in [3.05, 3.63) is 36.4 Å². The zero-order valence-electron chi connectivity index (χ0n) is 16.2. The Morgan fingerprint density at radius 1 is 1.19 bits per heavy atom. The Hall–Kier alpha value is -2.67. The number of carbonyl (C=O) groups excluding carboxylic acids is 2. The smallest absolute Gasteiger partial charge is 0.250 e. The van der Waals surface area contributed by atoms with E-state index in [2.05, 4.69) is 15.8 Å². The van der Waals surface area contributed by atoms with E-state index >= 15 is 0 Å². The Balaban J connectivity index is 2.05. The van der Waals surface area contributed by atoms with E-state index < -0.39 is 29.4 Å². The molecule has 0 bridgehead atoms. The van der Waals surface area contributed by atoms with E-state index in [1.54, 1.807) is 26.8 Å². The fourth-order valence-corrected chi connectivity index (χ4v) is 2.49. The van der Waals surface area contributed by atoms with Crippen LogP contribution >= 0.6 is 0 Å². The third-order valence-corrected chi connectivity index (χ3v) is 4.11. The van der Waals surface area contributed by atoms with Crippen molar-refractivity contribution in [3.8, 4) is 11.3 Å². The van der Waals surface area contributed by atoms with E-state index in [9.17, 15) is 14.7 Å². The quantitative estimate of drug-likeness (QED) is 0.692. The Bertz CT molecular complexity index is 765. The predicted molar refractivity (Wildman–Crippen MR) is 103 cm³/mol. The van der Waals surface area contributed by atoms with Gasteiger partial charge < -0.3 is 14.9 Å². The standard InChI is InChI=1S/C20H27N3O4/c1-5-9-14(21-19(26)17(24)20(2,3)4)18(25)22-16-12-15(23-27-16)13-10-7-6-8-11-13/h6-8,10-12,14,17,24H,5,9H2,1-4H3,(H,21,26)(H,22,25). The number of rotatable bonds is 7. The van der Waals surface area contributed by atoms with Gasteiger partial charge in [-0.3, -0.25) is 14.9 Å². The average molecular weight is 373 g/mol. The lowest BCUT2D eigenvalue weighted by Gasteiger charge is -2.26. The summed E-state index contributed by atoms with van der Waals surface area (Å²) >= 11 is 0. The molecule has 0 aliphatic heterocycles. The summed E-state index contributed by atoms with van der Waals surface area (Å²) in [5, 5.41) is 19.3. The molecular weight excluding hydrogens is 346 g/mol. The summed E-state index contributed by atoms with van der Waals surface area (Å²) in [6.45, 7) is 7.18. The molecule has 0 aliphatic rings. The molecule has 2 atom stereocenters. The highest BCUT2D eigenvalue weighted by Crippen LogP contribution is 2.22. The summed E-state index contributed by atoms with van der Waals surface area (Å²) < 4.78 is 5.18. The van der Waals surface area contributed by atoms with Crippen LogP contribution in [0.1, 0.15) is 40.5 Å². The van der Waals surface area contributed by atoms with Gasteiger partial charge in [0.15, 0.2) is 0 Å². The normalized spacial score (nSPS) is 13.7. The first-order valence-corrected chi connectivity index (χ1v) is 9.03. The van der Waals surface area contributed by atoms with Crippen LogP contribution in [-0.4, -0.2) is 34.2 Å². The molecular formula is C20H27N3O4. The molecule has 27 heavy (non-hydrogen) atoms. The summed E-state index contributed by atoms with van der Waals surface area (Å²) in [4.78, 5) is 24.8. The van der Waals surface area contributed by atoms with Crippen LogP contribution in [-0.2, 0) is 9.59 Å². The van der Waals surface area contributed by atoms with Gasteiger partial charge in [-0.1, -0.05) is 69.6 Å². The predicted octanol–water partition coefficient (Wildman–Crippen LogP) is 2.97. The molecule has 7 nitrogen and oxygen atoms in total. The number of aliphatic hydroxyl groups excluding tert-OH is 1. The zero-order valence-corrected chi connectivity index (χ0v) is 16.2. The molecule has 2 aromatic rings. The number of hydrogen-bond acceptors (Lipinski definition) is 5. The second-order valence-electron chi connectivity index (χ2n) is 7.55. The SMILES string of the molecule is CCCC(NC(=O)C(O)C(C)(C)C)C(=O)Nc1cc(-c2ccccc2)no1. The fourth-order valence-electron chi connectivity index (χ4n) is 2.49. The minimum atomic E-state index is -1.21. The lowest BCUT2D eigenvalue weighted by molar-refractivity contribution is -0.137.